The minimum absolute atomic E-state index is 0.0350. The molecule has 2 aromatic rings. The summed E-state index contributed by atoms with van der Waals surface area (Å²) in [6.45, 7) is 10.1. The Bertz CT molecular complexity index is 1190. The summed E-state index contributed by atoms with van der Waals surface area (Å²) >= 11 is 0. The van der Waals surface area contributed by atoms with Crippen molar-refractivity contribution in [3.8, 4) is 0 Å². The van der Waals surface area contributed by atoms with Crippen LogP contribution < -0.4 is 16.0 Å². The van der Waals surface area contributed by atoms with Crippen molar-refractivity contribution in [1.29, 1.82) is 0 Å². The number of benzene rings is 1. The SMILES string of the molecule is Cc1nc(C(F)(F)F)ccc1C(=O)NC(CC(C)C)C(=O)NC(Cc1ccccc1)C(=O)C(=O)NC(C)(C)C. The average Bonchev–Trinajstić information content (AvgIpc) is 2.81. The third kappa shape index (κ3) is 9.81. The molecule has 0 bridgehead atoms. The second kappa shape index (κ2) is 12.9. The van der Waals surface area contributed by atoms with Gasteiger partial charge in [-0.25, -0.2) is 4.98 Å². The molecule has 0 saturated heterocycles. The van der Waals surface area contributed by atoms with Crippen molar-refractivity contribution in [1.82, 2.24) is 20.9 Å². The van der Waals surface area contributed by atoms with E-state index in [1.54, 1.807) is 51.1 Å². The fourth-order valence-corrected chi connectivity index (χ4v) is 3.79. The van der Waals surface area contributed by atoms with Crippen LogP contribution >= 0.6 is 0 Å². The van der Waals surface area contributed by atoms with E-state index in [1.807, 2.05) is 13.8 Å². The van der Waals surface area contributed by atoms with Crippen LogP contribution in [0.25, 0.3) is 0 Å². The molecule has 2 atom stereocenters. The summed E-state index contributed by atoms with van der Waals surface area (Å²) in [7, 11) is 0. The van der Waals surface area contributed by atoms with Crippen LogP contribution in [-0.4, -0.2) is 46.1 Å². The molecule has 3 N–H and O–H groups in total. The maximum Gasteiger partial charge on any atom is 0.433 e. The predicted molar refractivity (Wildman–Crippen MR) is 140 cm³/mol. The molecular weight excluding hydrogens is 513 g/mol. The predicted octanol–water partition coefficient (Wildman–Crippen LogP) is 3.76. The van der Waals surface area contributed by atoms with Gasteiger partial charge in [-0.3, -0.25) is 19.2 Å². The first-order valence-corrected chi connectivity index (χ1v) is 12.5. The van der Waals surface area contributed by atoms with Crippen LogP contribution in [0.4, 0.5) is 13.2 Å². The number of halogens is 3. The van der Waals surface area contributed by atoms with E-state index < -0.39 is 53.0 Å². The molecule has 8 nitrogen and oxygen atoms in total. The minimum Gasteiger partial charge on any atom is -0.345 e. The van der Waals surface area contributed by atoms with Crippen molar-refractivity contribution >= 4 is 23.5 Å². The number of alkyl halides is 3. The number of nitrogens with zero attached hydrogens (tertiary/aromatic N) is 1. The molecule has 2 unspecified atom stereocenters. The fourth-order valence-electron chi connectivity index (χ4n) is 3.79. The molecule has 11 heteroatoms. The van der Waals surface area contributed by atoms with Gasteiger partial charge in [0, 0.05) is 12.0 Å². The normalized spacial score (nSPS) is 13.4. The van der Waals surface area contributed by atoms with Crippen LogP contribution in [0.2, 0.25) is 0 Å². The minimum atomic E-state index is -4.67. The number of carbonyl (C=O) groups is 4. The lowest BCUT2D eigenvalue weighted by Gasteiger charge is -2.25. The number of Topliss-reactive ketones (excluding diaryl/α,β-unsaturated/α-hetero) is 1. The molecule has 39 heavy (non-hydrogen) atoms. The standard InChI is InChI=1S/C28H35F3N4O4/c1-16(2)14-21(34-24(37)19-12-13-22(28(29,30)31)32-17(19)3)25(38)33-20(15-18-10-8-7-9-11-18)23(36)26(39)35-27(4,5)6/h7-13,16,20-21H,14-15H2,1-6H3,(H,33,38)(H,34,37)(H,35,39). The molecule has 0 aliphatic carbocycles. The smallest absolute Gasteiger partial charge is 0.345 e. The molecule has 0 saturated carbocycles. The van der Waals surface area contributed by atoms with Crippen LogP contribution in [0.3, 0.4) is 0 Å². The largest absolute Gasteiger partial charge is 0.433 e. The summed E-state index contributed by atoms with van der Waals surface area (Å²) in [6, 6.07) is 8.16. The number of rotatable bonds is 10. The highest BCUT2D eigenvalue weighted by Gasteiger charge is 2.34. The lowest BCUT2D eigenvalue weighted by atomic mass is 9.98. The monoisotopic (exact) mass is 548 g/mol. The summed E-state index contributed by atoms with van der Waals surface area (Å²) in [5, 5.41) is 7.76. The number of hydrogen-bond acceptors (Lipinski definition) is 5. The van der Waals surface area contributed by atoms with Crippen LogP contribution in [0.1, 0.15) is 68.3 Å². The summed E-state index contributed by atoms with van der Waals surface area (Å²) in [5.41, 5.74) is -1.39. The van der Waals surface area contributed by atoms with Gasteiger partial charge in [0.2, 0.25) is 11.7 Å². The van der Waals surface area contributed by atoms with E-state index in [2.05, 4.69) is 20.9 Å². The van der Waals surface area contributed by atoms with Gasteiger partial charge in [-0.1, -0.05) is 44.2 Å². The Hall–Kier alpha value is -3.76. The van der Waals surface area contributed by atoms with Gasteiger partial charge in [0.15, 0.2) is 0 Å². The maximum absolute atomic E-state index is 13.4. The van der Waals surface area contributed by atoms with E-state index in [9.17, 15) is 32.3 Å². The first-order valence-electron chi connectivity index (χ1n) is 12.5. The van der Waals surface area contributed by atoms with Gasteiger partial charge in [0.25, 0.3) is 11.8 Å². The molecule has 1 heterocycles. The van der Waals surface area contributed by atoms with Crippen molar-refractivity contribution < 1.29 is 32.3 Å². The maximum atomic E-state index is 13.4. The quantitative estimate of drug-likeness (QED) is 0.391. The van der Waals surface area contributed by atoms with Crippen LogP contribution in [0.15, 0.2) is 42.5 Å². The van der Waals surface area contributed by atoms with E-state index in [1.165, 1.54) is 6.92 Å². The zero-order chi connectivity index (χ0) is 29.5. The number of hydrogen-bond donors (Lipinski definition) is 3. The van der Waals surface area contributed by atoms with Crippen LogP contribution in [-0.2, 0) is 27.0 Å². The van der Waals surface area contributed by atoms with Gasteiger partial charge in [0.05, 0.1) is 11.3 Å². The van der Waals surface area contributed by atoms with E-state index in [-0.39, 0.29) is 30.0 Å². The molecular formula is C28H35F3N4O4. The van der Waals surface area contributed by atoms with E-state index in [4.69, 9.17) is 0 Å². The highest BCUT2D eigenvalue weighted by Crippen LogP contribution is 2.28. The van der Waals surface area contributed by atoms with E-state index >= 15 is 0 Å². The molecule has 2 rings (SSSR count). The Morgan fingerprint density at radius 1 is 0.897 bits per heavy atom. The van der Waals surface area contributed by atoms with E-state index in [0.717, 1.165) is 6.07 Å². The zero-order valence-corrected chi connectivity index (χ0v) is 22.9. The Morgan fingerprint density at radius 3 is 2.03 bits per heavy atom. The third-order valence-electron chi connectivity index (χ3n) is 5.58. The average molecular weight is 549 g/mol. The Balaban J connectivity index is 2.30. The second-order valence-corrected chi connectivity index (χ2v) is 10.8. The van der Waals surface area contributed by atoms with Crippen molar-refractivity contribution in [3.05, 3.63) is 65.0 Å². The highest BCUT2D eigenvalue weighted by atomic mass is 19.4. The summed E-state index contributed by atoms with van der Waals surface area (Å²) < 4.78 is 38.9. The van der Waals surface area contributed by atoms with Gasteiger partial charge < -0.3 is 16.0 Å². The van der Waals surface area contributed by atoms with Gasteiger partial charge in [-0.2, -0.15) is 13.2 Å². The Kier molecular flexibility index (Phi) is 10.4. The number of nitrogens with one attached hydrogen (secondary N) is 3. The topological polar surface area (TPSA) is 117 Å². The van der Waals surface area contributed by atoms with Crippen molar-refractivity contribution in [3.63, 3.8) is 0 Å². The number of ketones is 1. The van der Waals surface area contributed by atoms with E-state index in [0.29, 0.717) is 11.6 Å². The Labute approximate surface area is 226 Å². The first-order chi connectivity index (χ1) is 18.0. The number of aromatic nitrogens is 1. The van der Waals surface area contributed by atoms with Crippen LogP contribution in [0, 0.1) is 12.8 Å². The molecule has 0 spiro atoms. The lowest BCUT2D eigenvalue weighted by molar-refractivity contribution is -0.141. The number of aryl methyl sites for hydroxylation is 1. The molecule has 1 aromatic carbocycles. The van der Waals surface area contributed by atoms with Gasteiger partial charge in [-0.15, -0.1) is 0 Å². The number of pyridine rings is 1. The van der Waals surface area contributed by atoms with Crippen LogP contribution in [0.5, 0.6) is 0 Å². The third-order valence-corrected chi connectivity index (χ3v) is 5.58. The Morgan fingerprint density at radius 2 is 1.51 bits per heavy atom. The zero-order valence-electron chi connectivity index (χ0n) is 22.9. The summed E-state index contributed by atoms with van der Waals surface area (Å²) in [4.78, 5) is 55.5. The number of carbonyl (C=O) groups excluding carboxylic acids is 4. The van der Waals surface area contributed by atoms with Gasteiger partial charge >= 0.3 is 6.18 Å². The molecule has 0 radical (unpaired) electrons. The lowest BCUT2D eigenvalue weighted by Crippen LogP contribution is -2.56. The molecule has 1 aromatic heterocycles. The van der Waals surface area contributed by atoms with Gasteiger partial charge in [0.1, 0.15) is 17.8 Å². The fraction of sp³-hybridized carbons (Fsp3) is 0.464. The van der Waals surface area contributed by atoms with Gasteiger partial charge in [-0.05, 0) is 57.7 Å². The summed E-state index contributed by atoms with van der Waals surface area (Å²) in [5.74, 6) is -3.27. The summed E-state index contributed by atoms with van der Waals surface area (Å²) in [6.07, 6.45) is -4.46. The molecule has 0 fully saturated rings. The van der Waals surface area contributed by atoms with Crippen molar-refractivity contribution in [2.24, 2.45) is 5.92 Å². The van der Waals surface area contributed by atoms with Crippen molar-refractivity contribution in [2.75, 3.05) is 0 Å². The van der Waals surface area contributed by atoms with Crippen molar-refractivity contribution in [2.45, 2.75) is 78.2 Å². The second-order valence-electron chi connectivity index (χ2n) is 10.8. The highest BCUT2D eigenvalue weighted by molar-refractivity contribution is 6.38. The molecule has 3 amide bonds. The number of amides is 3. The first kappa shape index (κ1) is 31.5. The molecule has 212 valence electrons. The molecule has 0 aliphatic heterocycles. The molecule has 0 aliphatic rings.